The number of rotatable bonds is 8. The van der Waals surface area contributed by atoms with Gasteiger partial charge in [-0.3, -0.25) is 4.79 Å². The highest BCUT2D eigenvalue weighted by Gasteiger charge is 2.08. The molecule has 0 aliphatic rings. The third-order valence-electron chi connectivity index (χ3n) is 4.26. The first kappa shape index (κ1) is 20.5. The van der Waals surface area contributed by atoms with Crippen molar-refractivity contribution in [3.05, 3.63) is 60.2 Å². The van der Waals surface area contributed by atoms with Gasteiger partial charge in [0, 0.05) is 10.5 Å². The molecule has 3 rings (SSSR count). The maximum Gasteiger partial charge on any atom is 0.250 e. The highest BCUT2D eigenvalue weighted by atomic mass is 32.2. The molecule has 3 aromatic rings. The largest absolute Gasteiger partial charge is 0.497 e. The second kappa shape index (κ2) is 9.84. The first-order chi connectivity index (χ1) is 14.1. The van der Waals surface area contributed by atoms with E-state index in [9.17, 15) is 4.79 Å². The summed E-state index contributed by atoms with van der Waals surface area (Å²) in [6.07, 6.45) is 1.59. The summed E-state index contributed by atoms with van der Waals surface area (Å²) in [5, 5.41) is 6.06. The smallest absolute Gasteiger partial charge is 0.250 e. The number of carbonyl (C=O) groups excluding carboxylic acids is 1. The molecule has 150 valence electrons. The fraction of sp³-hybridized carbons (Fsp3) is 0.182. The first-order valence-corrected chi connectivity index (χ1v) is 9.86. The van der Waals surface area contributed by atoms with Crippen molar-refractivity contribution in [2.24, 2.45) is 5.10 Å². The van der Waals surface area contributed by atoms with Gasteiger partial charge in [-0.2, -0.15) is 5.10 Å². The van der Waals surface area contributed by atoms with Crippen LogP contribution < -0.4 is 19.6 Å². The van der Waals surface area contributed by atoms with E-state index in [1.165, 1.54) is 11.8 Å². The molecule has 7 heteroatoms. The molecular weight excluding hydrogens is 388 g/mol. The number of hydrazone groups is 1. The Bertz CT molecular complexity index is 1010. The Hall–Kier alpha value is -3.19. The predicted molar refractivity (Wildman–Crippen MR) is 117 cm³/mol. The molecule has 29 heavy (non-hydrogen) atoms. The minimum absolute atomic E-state index is 0.196. The van der Waals surface area contributed by atoms with Crippen LogP contribution in [-0.2, 0) is 4.79 Å². The molecule has 0 heterocycles. The maximum atomic E-state index is 12.1. The summed E-state index contributed by atoms with van der Waals surface area (Å²) < 4.78 is 15.9. The Morgan fingerprint density at radius 1 is 0.966 bits per heavy atom. The van der Waals surface area contributed by atoms with Crippen molar-refractivity contribution in [1.29, 1.82) is 0 Å². The number of nitrogens with zero attached hydrogens (tertiary/aromatic N) is 1. The minimum Gasteiger partial charge on any atom is -0.497 e. The molecule has 0 unspecified atom stereocenters. The summed E-state index contributed by atoms with van der Waals surface area (Å²) in [4.78, 5) is 13.1. The summed E-state index contributed by atoms with van der Waals surface area (Å²) in [5.74, 6) is 2.24. The SMILES string of the molecule is COc1ccc(SCC(=O)N/N=C/c2c(OC)ccc3ccc(OC)cc23)cc1. The van der Waals surface area contributed by atoms with E-state index in [0.29, 0.717) is 5.75 Å². The van der Waals surface area contributed by atoms with E-state index in [0.717, 1.165) is 32.7 Å². The van der Waals surface area contributed by atoms with Crippen LogP contribution in [0, 0.1) is 0 Å². The van der Waals surface area contributed by atoms with E-state index >= 15 is 0 Å². The number of benzene rings is 3. The van der Waals surface area contributed by atoms with Crippen molar-refractivity contribution in [2.45, 2.75) is 4.90 Å². The minimum atomic E-state index is -0.196. The molecule has 0 bridgehead atoms. The van der Waals surface area contributed by atoms with Gasteiger partial charge in [0.2, 0.25) is 5.91 Å². The van der Waals surface area contributed by atoms with E-state index in [4.69, 9.17) is 14.2 Å². The third-order valence-corrected chi connectivity index (χ3v) is 5.27. The molecule has 1 N–H and O–H groups in total. The lowest BCUT2D eigenvalue weighted by Crippen LogP contribution is -2.19. The van der Waals surface area contributed by atoms with E-state index in [-0.39, 0.29) is 11.7 Å². The molecule has 1 amide bonds. The van der Waals surface area contributed by atoms with E-state index in [2.05, 4.69) is 10.5 Å². The lowest BCUT2D eigenvalue weighted by Gasteiger charge is -2.10. The molecule has 0 aliphatic heterocycles. The number of ether oxygens (including phenoxy) is 3. The summed E-state index contributed by atoms with van der Waals surface area (Å²) in [6.45, 7) is 0. The number of thioether (sulfide) groups is 1. The van der Waals surface area contributed by atoms with Gasteiger partial charge in [0.25, 0.3) is 0 Å². The van der Waals surface area contributed by atoms with E-state index in [1.54, 1.807) is 27.5 Å². The van der Waals surface area contributed by atoms with Crippen LogP contribution in [0.5, 0.6) is 17.2 Å². The normalized spacial score (nSPS) is 10.9. The number of carbonyl (C=O) groups is 1. The highest BCUT2D eigenvalue weighted by Crippen LogP contribution is 2.29. The fourth-order valence-electron chi connectivity index (χ4n) is 2.76. The number of amides is 1. The molecule has 0 spiro atoms. The van der Waals surface area contributed by atoms with Gasteiger partial charge in [0.1, 0.15) is 17.2 Å². The zero-order chi connectivity index (χ0) is 20.6. The van der Waals surface area contributed by atoms with Crippen LogP contribution in [-0.4, -0.2) is 39.2 Å². The van der Waals surface area contributed by atoms with Crippen LogP contribution in [0.15, 0.2) is 64.6 Å². The summed E-state index contributed by atoms with van der Waals surface area (Å²) >= 11 is 1.43. The topological polar surface area (TPSA) is 69.2 Å². The van der Waals surface area contributed by atoms with Gasteiger partial charge < -0.3 is 14.2 Å². The van der Waals surface area contributed by atoms with Gasteiger partial charge in [-0.1, -0.05) is 12.1 Å². The van der Waals surface area contributed by atoms with Crippen molar-refractivity contribution in [1.82, 2.24) is 5.43 Å². The Morgan fingerprint density at radius 3 is 2.34 bits per heavy atom. The van der Waals surface area contributed by atoms with Gasteiger partial charge in [-0.05, 0) is 53.2 Å². The fourth-order valence-corrected chi connectivity index (χ4v) is 3.45. The molecule has 0 radical (unpaired) electrons. The van der Waals surface area contributed by atoms with Crippen molar-refractivity contribution in [3.63, 3.8) is 0 Å². The van der Waals surface area contributed by atoms with Crippen LogP contribution >= 0.6 is 11.8 Å². The van der Waals surface area contributed by atoms with E-state index < -0.39 is 0 Å². The molecule has 0 aromatic heterocycles. The van der Waals surface area contributed by atoms with Crippen LogP contribution in [0.1, 0.15) is 5.56 Å². The quantitative estimate of drug-likeness (QED) is 0.344. The maximum absolute atomic E-state index is 12.1. The molecular formula is C22H22N2O4S. The van der Waals surface area contributed by atoms with Gasteiger partial charge in [-0.25, -0.2) is 5.43 Å². The van der Waals surface area contributed by atoms with Crippen LogP contribution in [0.25, 0.3) is 10.8 Å². The number of fused-ring (bicyclic) bond motifs is 1. The van der Waals surface area contributed by atoms with Crippen LogP contribution in [0.2, 0.25) is 0 Å². The van der Waals surface area contributed by atoms with Crippen molar-refractivity contribution in [2.75, 3.05) is 27.1 Å². The van der Waals surface area contributed by atoms with Gasteiger partial charge in [-0.15, -0.1) is 11.8 Å². The third kappa shape index (κ3) is 5.20. The Labute approximate surface area is 173 Å². The monoisotopic (exact) mass is 410 g/mol. The molecule has 0 fully saturated rings. The molecule has 0 saturated carbocycles. The average Bonchev–Trinajstić information content (AvgIpc) is 2.77. The van der Waals surface area contributed by atoms with Crippen molar-refractivity contribution >= 4 is 34.7 Å². The van der Waals surface area contributed by atoms with Crippen molar-refractivity contribution < 1.29 is 19.0 Å². The lowest BCUT2D eigenvalue weighted by atomic mass is 10.0. The second-order valence-corrected chi connectivity index (χ2v) is 7.07. The molecule has 0 aliphatic carbocycles. The predicted octanol–water partition coefficient (Wildman–Crippen LogP) is 4.11. The number of methoxy groups -OCH3 is 3. The zero-order valence-electron chi connectivity index (χ0n) is 16.5. The molecule has 6 nitrogen and oxygen atoms in total. The zero-order valence-corrected chi connectivity index (χ0v) is 17.3. The average molecular weight is 410 g/mol. The summed E-state index contributed by atoms with van der Waals surface area (Å²) in [7, 11) is 4.84. The second-order valence-electron chi connectivity index (χ2n) is 6.03. The van der Waals surface area contributed by atoms with E-state index in [1.807, 2.05) is 54.6 Å². The van der Waals surface area contributed by atoms with Gasteiger partial charge in [0.15, 0.2) is 0 Å². The molecule has 3 aromatic carbocycles. The Kier molecular flexibility index (Phi) is 6.97. The lowest BCUT2D eigenvalue weighted by molar-refractivity contribution is -0.118. The number of hydrogen-bond acceptors (Lipinski definition) is 6. The van der Waals surface area contributed by atoms with Gasteiger partial charge >= 0.3 is 0 Å². The van der Waals surface area contributed by atoms with Crippen LogP contribution in [0.4, 0.5) is 0 Å². The summed E-state index contributed by atoms with van der Waals surface area (Å²) in [5.41, 5.74) is 3.34. The summed E-state index contributed by atoms with van der Waals surface area (Å²) in [6, 6.07) is 17.2. The molecule has 0 saturated heterocycles. The Morgan fingerprint density at radius 2 is 1.66 bits per heavy atom. The Balaban J connectivity index is 1.68. The first-order valence-electron chi connectivity index (χ1n) is 8.88. The van der Waals surface area contributed by atoms with Crippen LogP contribution in [0.3, 0.4) is 0 Å². The highest BCUT2D eigenvalue weighted by molar-refractivity contribution is 8.00. The number of nitrogens with one attached hydrogen (secondary N) is 1. The number of hydrogen-bond donors (Lipinski definition) is 1. The standard InChI is InChI=1S/C22H22N2O4S/c1-26-16-7-9-18(10-8-16)29-14-22(25)24-23-13-20-19-12-17(27-2)6-4-15(19)5-11-21(20)28-3/h4-13H,14H2,1-3H3,(H,24,25)/b23-13+. The van der Waals surface area contributed by atoms with Crippen molar-refractivity contribution in [3.8, 4) is 17.2 Å². The van der Waals surface area contributed by atoms with Gasteiger partial charge in [0.05, 0.1) is 33.3 Å². The molecule has 0 atom stereocenters.